The van der Waals surface area contributed by atoms with E-state index in [9.17, 15) is 0 Å². The lowest BCUT2D eigenvalue weighted by Crippen LogP contribution is -1.83. The monoisotopic (exact) mass is 189 g/mol. The van der Waals surface area contributed by atoms with Crippen LogP contribution in [0, 0.1) is 0 Å². The molecule has 1 heterocycles. The third kappa shape index (κ3) is 1.63. The Labute approximate surface area is 82.1 Å². The van der Waals surface area contributed by atoms with Crippen LogP contribution in [0.5, 0.6) is 0 Å². The van der Waals surface area contributed by atoms with Crippen molar-refractivity contribution in [1.29, 1.82) is 0 Å². The molecule has 0 aliphatic rings. The van der Waals surface area contributed by atoms with Crippen molar-refractivity contribution in [2.24, 2.45) is 0 Å². The van der Waals surface area contributed by atoms with E-state index in [1.165, 1.54) is 16.0 Å². The van der Waals surface area contributed by atoms with Crippen molar-refractivity contribution in [2.75, 3.05) is 0 Å². The van der Waals surface area contributed by atoms with Crippen LogP contribution >= 0.6 is 11.3 Å². The molecule has 1 nitrogen and oxygen atoms in total. The molecule has 0 bridgehead atoms. The quantitative estimate of drug-likeness (QED) is 0.705. The maximum atomic E-state index is 4.09. The van der Waals surface area contributed by atoms with Gasteiger partial charge in [-0.15, -0.1) is 11.3 Å². The molecule has 0 atom stereocenters. The molecule has 0 aliphatic carbocycles. The van der Waals surface area contributed by atoms with Gasteiger partial charge in [-0.25, -0.2) is 0 Å². The van der Waals surface area contributed by atoms with Crippen molar-refractivity contribution in [3.63, 3.8) is 0 Å². The molecule has 2 rings (SSSR count). The van der Waals surface area contributed by atoms with Gasteiger partial charge < -0.3 is 0 Å². The van der Waals surface area contributed by atoms with Crippen molar-refractivity contribution in [1.82, 2.24) is 4.98 Å². The van der Waals surface area contributed by atoms with Crippen molar-refractivity contribution in [3.05, 3.63) is 41.5 Å². The van der Waals surface area contributed by atoms with Crippen LogP contribution in [0.4, 0.5) is 0 Å². The Kier molecular flexibility index (Phi) is 2.41. The predicted molar refractivity (Wildman–Crippen MR) is 56.9 cm³/mol. The zero-order valence-corrected chi connectivity index (χ0v) is 8.34. The van der Waals surface area contributed by atoms with E-state index >= 15 is 0 Å². The second-order valence-electron chi connectivity index (χ2n) is 2.88. The average molecular weight is 189 g/mol. The van der Waals surface area contributed by atoms with Crippen LogP contribution in [0.1, 0.15) is 12.5 Å². The van der Waals surface area contributed by atoms with Crippen molar-refractivity contribution >= 4 is 11.3 Å². The molecule has 0 aliphatic heterocycles. The summed E-state index contributed by atoms with van der Waals surface area (Å²) in [5, 5.41) is 0. The Morgan fingerprint density at radius 2 is 2.15 bits per heavy atom. The maximum Gasteiger partial charge on any atom is 0.0797 e. The number of nitrogens with zero attached hydrogens (tertiary/aromatic N) is 1. The van der Waals surface area contributed by atoms with Gasteiger partial charge in [-0.05, 0) is 17.5 Å². The molecule has 0 fully saturated rings. The number of rotatable bonds is 2. The molecule has 1 aromatic carbocycles. The number of thiazole rings is 1. The van der Waals surface area contributed by atoms with E-state index in [1.807, 2.05) is 11.7 Å². The van der Waals surface area contributed by atoms with Crippen LogP contribution in [0.15, 0.2) is 36.0 Å². The second-order valence-corrected chi connectivity index (χ2v) is 3.76. The minimum Gasteiger partial charge on any atom is -0.252 e. The maximum absolute atomic E-state index is 4.09. The normalized spacial score (nSPS) is 10.2. The molecule has 66 valence electrons. The van der Waals surface area contributed by atoms with Crippen LogP contribution in [-0.2, 0) is 6.42 Å². The van der Waals surface area contributed by atoms with E-state index in [0.29, 0.717) is 0 Å². The first-order chi connectivity index (χ1) is 6.42. The summed E-state index contributed by atoms with van der Waals surface area (Å²) in [4.78, 5) is 5.35. The minimum absolute atomic E-state index is 1.08. The average Bonchev–Trinajstić information content (AvgIpc) is 2.70. The van der Waals surface area contributed by atoms with Crippen LogP contribution in [-0.4, -0.2) is 4.98 Å². The number of hydrogen-bond acceptors (Lipinski definition) is 2. The molecular formula is C11H11NS. The molecule has 0 saturated heterocycles. The Hall–Kier alpha value is -1.15. The SMILES string of the molecule is CCc1ccccc1-c1cncs1. The van der Waals surface area contributed by atoms with Gasteiger partial charge in [0.1, 0.15) is 0 Å². The number of hydrogen-bond donors (Lipinski definition) is 0. The lowest BCUT2D eigenvalue weighted by Gasteiger charge is -2.03. The van der Waals surface area contributed by atoms with Gasteiger partial charge >= 0.3 is 0 Å². The van der Waals surface area contributed by atoms with Gasteiger partial charge in [0.2, 0.25) is 0 Å². The summed E-state index contributed by atoms with van der Waals surface area (Å²) in [5.41, 5.74) is 4.60. The molecule has 13 heavy (non-hydrogen) atoms. The van der Waals surface area contributed by atoms with E-state index in [0.717, 1.165) is 6.42 Å². The summed E-state index contributed by atoms with van der Waals surface area (Å²) >= 11 is 1.69. The molecule has 0 saturated carbocycles. The number of aryl methyl sites for hydroxylation is 1. The topological polar surface area (TPSA) is 12.9 Å². The van der Waals surface area contributed by atoms with Crippen LogP contribution < -0.4 is 0 Å². The number of benzene rings is 1. The standard InChI is InChI=1S/C11H11NS/c1-2-9-5-3-4-6-10(9)11-7-12-8-13-11/h3-8H,2H2,1H3. The third-order valence-corrected chi connectivity index (χ3v) is 2.90. The van der Waals surface area contributed by atoms with Gasteiger partial charge in [-0.3, -0.25) is 4.98 Å². The Balaban J connectivity index is 2.51. The van der Waals surface area contributed by atoms with Crippen molar-refractivity contribution < 1.29 is 0 Å². The van der Waals surface area contributed by atoms with Gasteiger partial charge in [0.05, 0.1) is 10.4 Å². The van der Waals surface area contributed by atoms with E-state index in [4.69, 9.17) is 0 Å². The zero-order chi connectivity index (χ0) is 9.10. The predicted octanol–water partition coefficient (Wildman–Crippen LogP) is 3.37. The fourth-order valence-corrected chi connectivity index (χ4v) is 2.10. The first-order valence-corrected chi connectivity index (χ1v) is 5.26. The third-order valence-electron chi connectivity index (χ3n) is 2.10. The summed E-state index contributed by atoms with van der Waals surface area (Å²) in [5.74, 6) is 0. The Bertz CT molecular complexity index is 379. The van der Waals surface area contributed by atoms with Crippen molar-refractivity contribution in [3.8, 4) is 10.4 Å². The summed E-state index contributed by atoms with van der Waals surface area (Å²) in [7, 11) is 0. The highest BCUT2D eigenvalue weighted by Gasteiger charge is 2.02. The molecule has 0 spiro atoms. The first kappa shape index (κ1) is 8.45. The van der Waals surface area contributed by atoms with Gasteiger partial charge in [0.25, 0.3) is 0 Å². The summed E-state index contributed by atoms with van der Waals surface area (Å²) in [6.45, 7) is 2.18. The number of aromatic nitrogens is 1. The second kappa shape index (κ2) is 3.71. The highest BCUT2D eigenvalue weighted by Crippen LogP contribution is 2.26. The molecule has 0 N–H and O–H groups in total. The van der Waals surface area contributed by atoms with Gasteiger partial charge in [-0.2, -0.15) is 0 Å². The largest absolute Gasteiger partial charge is 0.252 e. The van der Waals surface area contributed by atoms with Gasteiger partial charge in [0.15, 0.2) is 0 Å². The fourth-order valence-electron chi connectivity index (χ4n) is 1.42. The first-order valence-electron chi connectivity index (χ1n) is 4.38. The molecule has 0 unspecified atom stereocenters. The Morgan fingerprint density at radius 1 is 1.31 bits per heavy atom. The highest BCUT2D eigenvalue weighted by molar-refractivity contribution is 7.13. The Morgan fingerprint density at radius 3 is 2.85 bits per heavy atom. The van der Waals surface area contributed by atoms with Crippen LogP contribution in [0.25, 0.3) is 10.4 Å². The van der Waals surface area contributed by atoms with E-state index < -0.39 is 0 Å². The zero-order valence-electron chi connectivity index (χ0n) is 7.53. The molecule has 0 amide bonds. The lowest BCUT2D eigenvalue weighted by molar-refractivity contribution is 1.14. The van der Waals surface area contributed by atoms with Crippen molar-refractivity contribution in [2.45, 2.75) is 13.3 Å². The lowest BCUT2D eigenvalue weighted by atomic mass is 10.0. The minimum atomic E-state index is 1.08. The molecule has 1 aromatic heterocycles. The summed E-state index contributed by atoms with van der Waals surface area (Å²) in [6.07, 6.45) is 3.01. The summed E-state index contributed by atoms with van der Waals surface area (Å²) in [6, 6.07) is 8.50. The highest BCUT2D eigenvalue weighted by atomic mass is 32.1. The van der Waals surface area contributed by atoms with E-state index in [1.54, 1.807) is 11.3 Å². The molecule has 0 radical (unpaired) electrons. The molecule has 2 aromatic rings. The van der Waals surface area contributed by atoms with Gasteiger partial charge in [-0.1, -0.05) is 31.2 Å². The molecular weight excluding hydrogens is 178 g/mol. The smallest absolute Gasteiger partial charge is 0.0797 e. The summed E-state index contributed by atoms with van der Waals surface area (Å²) < 4.78 is 0. The van der Waals surface area contributed by atoms with E-state index in [2.05, 4.69) is 36.2 Å². The fraction of sp³-hybridized carbons (Fsp3) is 0.182. The van der Waals surface area contributed by atoms with Crippen LogP contribution in [0.3, 0.4) is 0 Å². The van der Waals surface area contributed by atoms with E-state index in [-0.39, 0.29) is 0 Å². The van der Waals surface area contributed by atoms with Crippen LogP contribution in [0.2, 0.25) is 0 Å². The molecule has 2 heteroatoms. The van der Waals surface area contributed by atoms with Gasteiger partial charge in [0, 0.05) is 6.20 Å².